The number of nitrogens with one attached hydrogen (secondary N) is 1. The van der Waals surface area contributed by atoms with Crippen LogP contribution in [0.1, 0.15) is 24.3 Å². The zero-order valence-electron chi connectivity index (χ0n) is 9.59. The first-order valence-corrected chi connectivity index (χ1v) is 6.28. The van der Waals surface area contributed by atoms with E-state index in [0.29, 0.717) is 13.0 Å². The van der Waals surface area contributed by atoms with Gasteiger partial charge in [0.1, 0.15) is 6.61 Å². The van der Waals surface area contributed by atoms with Crippen LogP contribution < -0.4 is 5.32 Å². The smallest absolute Gasteiger partial charge is 0.372 e. The molecule has 1 rings (SSSR count). The second kappa shape index (κ2) is 6.98. The summed E-state index contributed by atoms with van der Waals surface area (Å²) in [5.74, 6) is 0. The summed E-state index contributed by atoms with van der Waals surface area (Å²) in [7, 11) is 0. The van der Waals surface area contributed by atoms with E-state index in [1.807, 2.05) is 24.4 Å². The summed E-state index contributed by atoms with van der Waals surface area (Å²) in [6.07, 6.45) is -3.65. The molecule has 1 N–H and O–H groups in total. The lowest BCUT2D eigenvalue weighted by atomic mass is 10.2. The SMILES string of the molecule is CC(NCCCOCC(F)(F)F)c1cccs1. The number of rotatable bonds is 7. The summed E-state index contributed by atoms with van der Waals surface area (Å²) in [5.41, 5.74) is 0. The van der Waals surface area contributed by atoms with Gasteiger partial charge in [0.15, 0.2) is 0 Å². The zero-order chi connectivity index (χ0) is 12.7. The van der Waals surface area contributed by atoms with Crippen LogP contribution in [0.4, 0.5) is 13.2 Å². The third-order valence-electron chi connectivity index (χ3n) is 2.15. The number of alkyl halides is 3. The topological polar surface area (TPSA) is 21.3 Å². The molecule has 17 heavy (non-hydrogen) atoms. The monoisotopic (exact) mass is 267 g/mol. The van der Waals surface area contributed by atoms with E-state index in [-0.39, 0.29) is 12.6 Å². The zero-order valence-corrected chi connectivity index (χ0v) is 10.4. The number of hydrogen-bond donors (Lipinski definition) is 1. The van der Waals surface area contributed by atoms with Gasteiger partial charge in [-0.1, -0.05) is 6.07 Å². The van der Waals surface area contributed by atoms with Crippen molar-refractivity contribution in [3.63, 3.8) is 0 Å². The minimum Gasteiger partial charge on any atom is -0.372 e. The van der Waals surface area contributed by atoms with Gasteiger partial charge in [0.25, 0.3) is 0 Å². The van der Waals surface area contributed by atoms with Crippen molar-refractivity contribution in [1.82, 2.24) is 5.32 Å². The molecular formula is C11H16F3NOS. The molecule has 6 heteroatoms. The van der Waals surface area contributed by atoms with E-state index in [4.69, 9.17) is 0 Å². The first-order chi connectivity index (χ1) is 7.99. The standard InChI is InChI=1S/C11H16F3NOS/c1-9(10-4-2-7-17-10)15-5-3-6-16-8-11(12,13)14/h2,4,7,9,15H,3,5-6,8H2,1H3. The summed E-state index contributed by atoms with van der Waals surface area (Å²) >= 11 is 1.66. The van der Waals surface area contributed by atoms with E-state index in [0.717, 1.165) is 0 Å². The Morgan fingerprint density at radius 2 is 2.24 bits per heavy atom. The third-order valence-corrected chi connectivity index (χ3v) is 3.21. The molecule has 1 heterocycles. The fourth-order valence-electron chi connectivity index (χ4n) is 1.32. The quantitative estimate of drug-likeness (QED) is 0.765. The van der Waals surface area contributed by atoms with Gasteiger partial charge in [-0.2, -0.15) is 13.2 Å². The number of hydrogen-bond acceptors (Lipinski definition) is 3. The van der Waals surface area contributed by atoms with Crippen LogP contribution in [-0.2, 0) is 4.74 Å². The molecular weight excluding hydrogens is 251 g/mol. The fraction of sp³-hybridized carbons (Fsp3) is 0.636. The summed E-state index contributed by atoms with van der Waals surface area (Å²) in [6, 6.07) is 4.24. The Hall–Kier alpha value is -0.590. The lowest BCUT2D eigenvalue weighted by Gasteiger charge is -2.12. The summed E-state index contributed by atoms with van der Waals surface area (Å²) in [4.78, 5) is 1.22. The van der Waals surface area contributed by atoms with Gasteiger partial charge in [-0.25, -0.2) is 0 Å². The van der Waals surface area contributed by atoms with Crippen molar-refractivity contribution in [3.8, 4) is 0 Å². The summed E-state index contributed by atoms with van der Waals surface area (Å²) in [5, 5.41) is 5.23. The molecule has 1 aromatic heterocycles. The lowest BCUT2D eigenvalue weighted by Crippen LogP contribution is -2.22. The van der Waals surface area contributed by atoms with Gasteiger partial charge >= 0.3 is 6.18 Å². The van der Waals surface area contributed by atoms with Gasteiger partial charge in [-0.3, -0.25) is 0 Å². The molecule has 0 spiro atoms. The Morgan fingerprint density at radius 1 is 1.47 bits per heavy atom. The van der Waals surface area contributed by atoms with Crippen molar-refractivity contribution < 1.29 is 17.9 Å². The second-order valence-electron chi connectivity index (χ2n) is 3.71. The number of halogens is 3. The highest BCUT2D eigenvalue weighted by atomic mass is 32.1. The van der Waals surface area contributed by atoms with Crippen LogP contribution in [0.3, 0.4) is 0 Å². The Labute approximate surface area is 103 Å². The predicted octanol–water partition coefficient (Wildman–Crippen LogP) is 3.37. The van der Waals surface area contributed by atoms with Gasteiger partial charge in [0.2, 0.25) is 0 Å². The van der Waals surface area contributed by atoms with Crippen molar-refractivity contribution >= 4 is 11.3 Å². The number of ether oxygens (including phenoxy) is 1. The normalized spacial score (nSPS) is 13.9. The molecule has 0 aliphatic carbocycles. The highest BCUT2D eigenvalue weighted by molar-refractivity contribution is 7.10. The van der Waals surface area contributed by atoms with Crippen molar-refractivity contribution in [3.05, 3.63) is 22.4 Å². The van der Waals surface area contributed by atoms with Crippen molar-refractivity contribution in [2.75, 3.05) is 19.8 Å². The molecule has 0 aliphatic heterocycles. The maximum absolute atomic E-state index is 11.7. The molecule has 0 saturated heterocycles. The van der Waals surface area contributed by atoms with E-state index in [2.05, 4.69) is 10.1 Å². The Kier molecular flexibility index (Phi) is 5.94. The van der Waals surface area contributed by atoms with Crippen LogP contribution in [0.5, 0.6) is 0 Å². The van der Waals surface area contributed by atoms with Crippen LogP contribution in [0.15, 0.2) is 17.5 Å². The van der Waals surface area contributed by atoms with Crippen LogP contribution in [0, 0.1) is 0 Å². The van der Waals surface area contributed by atoms with Crippen LogP contribution in [0.2, 0.25) is 0 Å². The summed E-state index contributed by atoms with van der Waals surface area (Å²) < 4.78 is 39.7. The lowest BCUT2D eigenvalue weighted by molar-refractivity contribution is -0.173. The average molecular weight is 267 g/mol. The third kappa shape index (κ3) is 6.65. The highest BCUT2D eigenvalue weighted by Gasteiger charge is 2.27. The van der Waals surface area contributed by atoms with E-state index in [1.165, 1.54) is 4.88 Å². The van der Waals surface area contributed by atoms with E-state index >= 15 is 0 Å². The van der Waals surface area contributed by atoms with Crippen LogP contribution >= 0.6 is 11.3 Å². The van der Waals surface area contributed by atoms with Crippen molar-refractivity contribution in [2.45, 2.75) is 25.6 Å². The molecule has 98 valence electrons. The molecule has 0 fully saturated rings. The maximum atomic E-state index is 11.7. The fourth-order valence-corrected chi connectivity index (χ4v) is 2.08. The molecule has 1 aromatic rings. The Balaban J connectivity index is 2.01. The minimum atomic E-state index is -4.22. The minimum absolute atomic E-state index is 0.129. The predicted molar refractivity (Wildman–Crippen MR) is 62.2 cm³/mol. The maximum Gasteiger partial charge on any atom is 0.411 e. The average Bonchev–Trinajstić information content (AvgIpc) is 2.74. The largest absolute Gasteiger partial charge is 0.411 e. The Morgan fingerprint density at radius 3 is 2.82 bits per heavy atom. The van der Waals surface area contributed by atoms with Crippen LogP contribution in [0.25, 0.3) is 0 Å². The van der Waals surface area contributed by atoms with Gasteiger partial charge in [-0.15, -0.1) is 11.3 Å². The molecule has 0 radical (unpaired) electrons. The first kappa shape index (κ1) is 14.5. The molecule has 0 amide bonds. The molecule has 1 unspecified atom stereocenters. The van der Waals surface area contributed by atoms with Crippen LogP contribution in [-0.4, -0.2) is 25.9 Å². The van der Waals surface area contributed by atoms with E-state index in [1.54, 1.807) is 11.3 Å². The summed E-state index contributed by atoms with van der Waals surface area (Å²) in [6.45, 7) is 1.65. The molecule has 2 nitrogen and oxygen atoms in total. The molecule has 0 aliphatic rings. The van der Waals surface area contributed by atoms with Gasteiger partial charge in [0, 0.05) is 17.5 Å². The molecule has 0 aromatic carbocycles. The second-order valence-corrected chi connectivity index (χ2v) is 4.69. The molecule has 1 atom stereocenters. The van der Waals surface area contributed by atoms with E-state index < -0.39 is 12.8 Å². The highest BCUT2D eigenvalue weighted by Crippen LogP contribution is 2.18. The molecule has 0 saturated carbocycles. The molecule has 0 bridgehead atoms. The van der Waals surface area contributed by atoms with Gasteiger partial charge < -0.3 is 10.1 Å². The van der Waals surface area contributed by atoms with Gasteiger partial charge in [-0.05, 0) is 31.3 Å². The Bertz CT molecular complexity index is 300. The van der Waals surface area contributed by atoms with Gasteiger partial charge in [0.05, 0.1) is 0 Å². The van der Waals surface area contributed by atoms with Crippen molar-refractivity contribution in [2.24, 2.45) is 0 Å². The van der Waals surface area contributed by atoms with Crippen molar-refractivity contribution in [1.29, 1.82) is 0 Å². The van der Waals surface area contributed by atoms with E-state index in [9.17, 15) is 13.2 Å². The first-order valence-electron chi connectivity index (χ1n) is 5.40. The number of thiophene rings is 1.